The minimum atomic E-state index is -1.21. The lowest BCUT2D eigenvalue weighted by Gasteiger charge is -2.26. The van der Waals surface area contributed by atoms with E-state index in [4.69, 9.17) is 28.7 Å². The molecule has 218 valence electrons. The molecule has 0 bridgehead atoms. The lowest BCUT2D eigenvalue weighted by Crippen LogP contribution is -2.57. The summed E-state index contributed by atoms with van der Waals surface area (Å²) >= 11 is 0. The van der Waals surface area contributed by atoms with Gasteiger partial charge in [0.15, 0.2) is 5.96 Å². The summed E-state index contributed by atoms with van der Waals surface area (Å²) in [6.45, 7) is 4.12. The van der Waals surface area contributed by atoms with Crippen LogP contribution in [-0.4, -0.2) is 77.9 Å². The van der Waals surface area contributed by atoms with Crippen LogP contribution in [-0.2, 0) is 24.0 Å². The Bertz CT molecular complexity index is 819. The van der Waals surface area contributed by atoms with Crippen molar-refractivity contribution in [1.29, 1.82) is 0 Å². The van der Waals surface area contributed by atoms with Crippen LogP contribution in [0.25, 0.3) is 0 Å². The number of guanidine groups is 1. The second kappa shape index (κ2) is 18.7. The van der Waals surface area contributed by atoms with Crippen molar-refractivity contribution in [2.45, 2.75) is 89.4 Å². The molecule has 15 nitrogen and oxygen atoms in total. The van der Waals surface area contributed by atoms with Crippen LogP contribution in [0.15, 0.2) is 4.99 Å². The van der Waals surface area contributed by atoms with Gasteiger partial charge in [0.05, 0.1) is 6.04 Å². The first-order valence-corrected chi connectivity index (χ1v) is 12.8. The van der Waals surface area contributed by atoms with E-state index in [2.05, 4.69) is 20.9 Å². The summed E-state index contributed by atoms with van der Waals surface area (Å²) in [7, 11) is 0. The zero-order chi connectivity index (χ0) is 29.3. The average Bonchev–Trinajstić information content (AvgIpc) is 2.85. The fourth-order valence-electron chi connectivity index (χ4n) is 3.46. The lowest BCUT2D eigenvalue weighted by atomic mass is 9.98. The standard InChI is InChI=1S/C23H45N9O6/c1-3-13(2)18(22(37)38)32-21(36)15(8-4-5-11-24)31-20(35)16(9-10-17(26)33)30-19(34)14(25)7-6-12-29-23(27)28/h13-16,18H,3-12,24-25H2,1-2H3,(H2,26,33)(H,30,34)(H,31,35)(H,32,36)(H,37,38)(H4,27,28,29). The van der Waals surface area contributed by atoms with Crippen molar-refractivity contribution in [3.8, 4) is 0 Å². The van der Waals surface area contributed by atoms with Crippen LogP contribution in [0.4, 0.5) is 0 Å². The molecule has 0 aromatic rings. The van der Waals surface area contributed by atoms with Gasteiger partial charge in [-0.1, -0.05) is 20.3 Å². The van der Waals surface area contributed by atoms with Crippen LogP contribution in [0.3, 0.4) is 0 Å². The number of carboxylic acid groups (broad SMARTS) is 1. The maximum absolute atomic E-state index is 13.1. The number of carboxylic acids is 1. The highest BCUT2D eigenvalue weighted by Crippen LogP contribution is 2.10. The molecule has 5 atom stereocenters. The number of hydrogen-bond acceptors (Lipinski definition) is 8. The normalized spacial score (nSPS) is 14.7. The second-order valence-electron chi connectivity index (χ2n) is 9.18. The van der Waals surface area contributed by atoms with Gasteiger partial charge in [0.2, 0.25) is 23.6 Å². The van der Waals surface area contributed by atoms with Crippen molar-refractivity contribution < 1.29 is 29.1 Å². The highest BCUT2D eigenvalue weighted by atomic mass is 16.4. The molecule has 0 aliphatic carbocycles. The molecule has 38 heavy (non-hydrogen) atoms. The van der Waals surface area contributed by atoms with E-state index >= 15 is 0 Å². The van der Waals surface area contributed by atoms with Gasteiger partial charge in [-0.05, 0) is 51.0 Å². The number of carbonyl (C=O) groups is 5. The lowest BCUT2D eigenvalue weighted by molar-refractivity contribution is -0.144. The third-order valence-corrected chi connectivity index (χ3v) is 5.97. The number of unbranched alkanes of at least 4 members (excludes halogenated alkanes) is 1. The van der Waals surface area contributed by atoms with Gasteiger partial charge in [0.1, 0.15) is 18.1 Å². The first-order valence-electron chi connectivity index (χ1n) is 12.8. The molecular weight excluding hydrogens is 498 g/mol. The molecule has 0 aromatic heterocycles. The molecule has 14 N–H and O–H groups in total. The molecule has 5 unspecified atom stereocenters. The molecule has 0 saturated heterocycles. The predicted octanol–water partition coefficient (Wildman–Crippen LogP) is -2.65. The first-order chi connectivity index (χ1) is 17.8. The monoisotopic (exact) mass is 543 g/mol. The van der Waals surface area contributed by atoms with Gasteiger partial charge in [-0.2, -0.15) is 0 Å². The quantitative estimate of drug-likeness (QED) is 0.0436. The van der Waals surface area contributed by atoms with Crippen LogP contribution in [0, 0.1) is 5.92 Å². The smallest absolute Gasteiger partial charge is 0.326 e. The Kier molecular flexibility index (Phi) is 17.0. The zero-order valence-electron chi connectivity index (χ0n) is 22.3. The van der Waals surface area contributed by atoms with Gasteiger partial charge in [-0.3, -0.25) is 24.2 Å². The molecule has 4 amide bonds. The summed E-state index contributed by atoms with van der Waals surface area (Å²) in [5.74, 6) is -4.39. The summed E-state index contributed by atoms with van der Waals surface area (Å²) in [4.78, 5) is 65.6. The average molecular weight is 544 g/mol. The fourth-order valence-corrected chi connectivity index (χ4v) is 3.46. The maximum atomic E-state index is 13.1. The largest absolute Gasteiger partial charge is 0.480 e. The highest BCUT2D eigenvalue weighted by molar-refractivity contribution is 5.94. The molecular formula is C23H45N9O6. The summed E-state index contributed by atoms with van der Waals surface area (Å²) in [5.41, 5.74) is 27.2. The summed E-state index contributed by atoms with van der Waals surface area (Å²) in [6.07, 6.45) is 2.04. The zero-order valence-corrected chi connectivity index (χ0v) is 22.3. The van der Waals surface area contributed by atoms with Crippen molar-refractivity contribution in [2.75, 3.05) is 13.1 Å². The van der Waals surface area contributed by atoms with Gasteiger partial charge in [0.25, 0.3) is 0 Å². The van der Waals surface area contributed by atoms with Crippen LogP contribution in [0.5, 0.6) is 0 Å². The van der Waals surface area contributed by atoms with Gasteiger partial charge >= 0.3 is 5.97 Å². The van der Waals surface area contributed by atoms with E-state index in [1.54, 1.807) is 13.8 Å². The topological polar surface area (TPSA) is 284 Å². The fraction of sp³-hybridized carbons (Fsp3) is 0.739. The number of carbonyl (C=O) groups excluding carboxylic acids is 4. The minimum Gasteiger partial charge on any atom is -0.480 e. The van der Waals surface area contributed by atoms with E-state index in [-0.39, 0.29) is 44.1 Å². The van der Waals surface area contributed by atoms with E-state index in [1.807, 2.05) is 0 Å². The molecule has 0 aromatic carbocycles. The number of hydrogen-bond donors (Lipinski definition) is 9. The number of nitrogens with two attached hydrogens (primary N) is 5. The summed E-state index contributed by atoms with van der Waals surface area (Å²) in [6, 6.07) is -4.44. The predicted molar refractivity (Wildman–Crippen MR) is 142 cm³/mol. The van der Waals surface area contributed by atoms with Gasteiger partial charge in [-0.25, -0.2) is 4.79 Å². The second-order valence-corrected chi connectivity index (χ2v) is 9.18. The van der Waals surface area contributed by atoms with Crippen molar-refractivity contribution in [3.05, 3.63) is 0 Å². The Hall–Kier alpha value is -3.46. The number of aliphatic imine (C=N–C) groups is 1. The molecule has 0 spiro atoms. The first kappa shape index (κ1) is 34.5. The van der Waals surface area contributed by atoms with Crippen LogP contribution < -0.4 is 44.6 Å². The number of rotatable bonds is 20. The third kappa shape index (κ3) is 14.3. The van der Waals surface area contributed by atoms with Crippen LogP contribution >= 0.6 is 0 Å². The number of nitrogens with one attached hydrogen (secondary N) is 3. The molecule has 0 radical (unpaired) electrons. The summed E-state index contributed by atoms with van der Waals surface area (Å²) < 4.78 is 0. The van der Waals surface area contributed by atoms with Crippen molar-refractivity contribution in [2.24, 2.45) is 39.6 Å². The van der Waals surface area contributed by atoms with Gasteiger partial charge in [-0.15, -0.1) is 0 Å². The number of amides is 4. The Morgan fingerprint density at radius 1 is 0.842 bits per heavy atom. The van der Waals surface area contributed by atoms with Crippen LogP contribution in [0.2, 0.25) is 0 Å². The van der Waals surface area contributed by atoms with Crippen LogP contribution in [0.1, 0.15) is 65.2 Å². The Balaban J connectivity index is 5.55. The SMILES string of the molecule is CCC(C)C(NC(=O)C(CCCCN)NC(=O)C(CCC(N)=O)NC(=O)C(N)CCCN=C(N)N)C(=O)O. The third-order valence-electron chi connectivity index (χ3n) is 5.97. The molecule has 0 aliphatic rings. The van der Waals surface area contributed by atoms with Crippen molar-refractivity contribution >= 4 is 35.6 Å². The van der Waals surface area contributed by atoms with Crippen molar-refractivity contribution in [3.63, 3.8) is 0 Å². The molecule has 0 fully saturated rings. The molecule has 0 rings (SSSR count). The molecule has 15 heteroatoms. The van der Waals surface area contributed by atoms with E-state index in [0.717, 1.165) is 0 Å². The van der Waals surface area contributed by atoms with E-state index in [9.17, 15) is 29.1 Å². The molecule has 0 heterocycles. The summed E-state index contributed by atoms with van der Waals surface area (Å²) in [5, 5.41) is 17.1. The Morgan fingerprint density at radius 3 is 1.95 bits per heavy atom. The van der Waals surface area contributed by atoms with E-state index < -0.39 is 53.8 Å². The van der Waals surface area contributed by atoms with E-state index in [1.165, 1.54) is 0 Å². The molecule has 0 aliphatic heterocycles. The van der Waals surface area contributed by atoms with Gasteiger partial charge < -0.3 is 49.7 Å². The molecule has 0 saturated carbocycles. The van der Waals surface area contributed by atoms with E-state index in [0.29, 0.717) is 32.2 Å². The van der Waals surface area contributed by atoms with Crippen molar-refractivity contribution in [1.82, 2.24) is 16.0 Å². The Labute approximate surface area is 223 Å². The highest BCUT2D eigenvalue weighted by Gasteiger charge is 2.31. The minimum absolute atomic E-state index is 0.0879. The number of nitrogens with zero attached hydrogens (tertiary/aromatic N) is 1. The Morgan fingerprint density at radius 2 is 1.42 bits per heavy atom. The number of aliphatic carboxylic acids is 1. The number of primary amides is 1. The van der Waals surface area contributed by atoms with Gasteiger partial charge in [0, 0.05) is 13.0 Å². The maximum Gasteiger partial charge on any atom is 0.326 e.